The average molecular weight is 324 g/mol. The van der Waals surface area contributed by atoms with E-state index in [1.165, 1.54) is 5.57 Å². The van der Waals surface area contributed by atoms with Gasteiger partial charge in [-0.05, 0) is 40.5 Å². The van der Waals surface area contributed by atoms with E-state index >= 15 is 0 Å². The number of carbonyl (C=O) groups excluding carboxylic acids is 1. The van der Waals surface area contributed by atoms with Gasteiger partial charge in [-0.3, -0.25) is 9.79 Å². The maximum atomic E-state index is 12.0. The van der Waals surface area contributed by atoms with Crippen LogP contribution in [0.25, 0.3) is 0 Å². The van der Waals surface area contributed by atoms with Crippen LogP contribution in [0.1, 0.15) is 40.5 Å². The van der Waals surface area contributed by atoms with E-state index in [4.69, 9.17) is 4.74 Å². The van der Waals surface area contributed by atoms with E-state index in [1.807, 2.05) is 39.6 Å². The lowest BCUT2D eigenvalue weighted by Gasteiger charge is -2.25. The predicted molar refractivity (Wildman–Crippen MR) is 94.6 cm³/mol. The summed E-state index contributed by atoms with van der Waals surface area (Å²) in [5.41, 5.74) is 1.19. The average Bonchev–Trinajstić information content (AvgIpc) is 2.45. The van der Waals surface area contributed by atoms with Crippen LogP contribution in [0.4, 0.5) is 0 Å². The Kier molecular flexibility index (Phi) is 8.09. The molecule has 1 rings (SSSR count). The molecule has 0 radical (unpaired) electrons. The van der Waals surface area contributed by atoms with E-state index < -0.39 is 0 Å². The van der Waals surface area contributed by atoms with Crippen LogP contribution in [0.15, 0.2) is 16.6 Å². The van der Waals surface area contributed by atoms with Crippen molar-refractivity contribution >= 4 is 11.9 Å². The van der Waals surface area contributed by atoms with Crippen LogP contribution in [0.2, 0.25) is 0 Å². The second-order valence-electron chi connectivity index (χ2n) is 6.83. The molecule has 1 amide bonds. The van der Waals surface area contributed by atoms with E-state index in [-0.39, 0.29) is 11.4 Å². The van der Waals surface area contributed by atoms with Crippen LogP contribution >= 0.6 is 0 Å². The summed E-state index contributed by atoms with van der Waals surface area (Å²) in [5.74, 6) is 0.766. The van der Waals surface area contributed by atoms with Gasteiger partial charge in [0.1, 0.15) is 0 Å². The molecular formula is C17H32N4O2. The molecule has 132 valence electrons. The fourth-order valence-electron chi connectivity index (χ4n) is 2.32. The third kappa shape index (κ3) is 8.59. The van der Waals surface area contributed by atoms with Crippen molar-refractivity contribution < 1.29 is 9.53 Å². The maximum absolute atomic E-state index is 12.0. The highest BCUT2D eigenvalue weighted by Gasteiger charge is 2.16. The Morgan fingerprint density at radius 1 is 1.43 bits per heavy atom. The molecule has 0 aromatic heterocycles. The van der Waals surface area contributed by atoms with Gasteiger partial charge in [-0.25, -0.2) is 0 Å². The normalized spacial score (nSPS) is 15.9. The van der Waals surface area contributed by atoms with Gasteiger partial charge in [-0.1, -0.05) is 11.6 Å². The van der Waals surface area contributed by atoms with Crippen molar-refractivity contribution in [3.63, 3.8) is 0 Å². The van der Waals surface area contributed by atoms with Gasteiger partial charge < -0.3 is 20.3 Å². The quantitative estimate of drug-likeness (QED) is 0.442. The number of ether oxygens (including phenoxy) is 1. The number of aliphatic imine (C=N–C) groups is 1. The van der Waals surface area contributed by atoms with Crippen molar-refractivity contribution in [2.75, 3.05) is 39.9 Å². The molecule has 0 aliphatic carbocycles. The van der Waals surface area contributed by atoms with Gasteiger partial charge in [0.25, 0.3) is 0 Å². The third-order valence-electron chi connectivity index (χ3n) is 3.34. The Hall–Kier alpha value is -1.56. The third-order valence-corrected chi connectivity index (χ3v) is 3.34. The molecule has 1 aliphatic heterocycles. The number of nitrogens with zero attached hydrogens (tertiary/aromatic N) is 2. The molecule has 1 aliphatic rings. The summed E-state index contributed by atoms with van der Waals surface area (Å²) in [6.45, 7) is 11.3. The Morgan fingerprint density at radius 3 is 2.74 bits per heavy atom. The fraction of sp³-hybridized carbons (Fsp3) is 0.765. The molecule has 23 heavy (non-hydrogen) atoms. The number of hydrogen-bond acceptors (Lipinski definition) is 3. The topological polar surface area (TPSA) is 66.0 Å². The first-order valence-electron chi connectivity index (χ1n) is 8.38. The van der Waals surface area contributed by atoms with Gasteiger partial charge >= 0.3 is 0 Å². The molecule has 6 nitrogen and oxygen atoms in total. The summed E-state index contributed by atoms with van der Waals surface area (Å²) in [6.07, 6.45) is 4.09. The Bertz CT molecular complexity index is 438. The highest BCUT2D eigenvalue weighted by molar-refractivity contribution is 5.86. The van der Waals surface area contributed by atoms with Gasteiger partial charge in [0.2, 0.25) is 5.91 Å². The van der Waals surface area contributed by atoms with E-state index in [0.29, 0.717) is 13.2 Å². The van der Waals surface area contributed by atoms with Crippen LogP contribution < -0.4 is 10.6 Å². The molecule has 0 bridgehead atoms. The first-order valence-corrected chi connectivity index (χ1v) is 8.38. The van der Waals surface area contributed by atoms with Crippen molar-refractivity contribution in [2.24, 2.45) is 4.99 Å². The van der Waals surface area contributed by atoms with Crippen LogP contribution in [0.5, 0.6) is 0 Å². The molecule has 0 aromatic carbocycles. The fourth-order valence-corrected chi connectivity index (χ4v) is 2.32. The van der Waals surface area contributed by atoms with Crippen molar-refractivity contribution in [1.29, 1.82) is 0 Å². The minimum absolute atomic E-state index is 0.00209. The van der Waals surface area contributed by atoms with Crippen molar-refractivity contribution in [3.8, 4) is 0 Å². The zero-order valence-electron chi connectivity index (χ0n) is 15.2. The summed E-state index contributed by atoms with van der Waals surface area (Å²) in [7, 11) is 1.89. The first-order chi connectivity index (χ1) is 10.8. The monoisotopic (exact) mass is 324 g/mol. The Balaban J connectivity index is 2.52. The predicted octanol–water partition coefficient (Wildman–Crippen LogP) is 1.54. The van der Waals surface area contributed by atoms with Crippen LogP contribution in [0.3, 0.4) is 0 Å². The van der Waals surface area contributed by atoms with Crippen molar-refractivity contribution in [1.82, 2.24) is 15.5 Å². The molecular weight excluding hydrogens is 292 g/mol. The molecule has 0 aromatic rings. The Labute approximate surface area is 140 Å². The van der Waals surface area contributed by atoms with Gasteiger partial charge in [-0.2, -0.15) is 0 Å². The summed E-state index contributed by atoms with van der Waals surface area (Å²) in [6, 6.07) is 0. The number of hydrogen-bond donors (Lipinski definition) is 2. The first kappa shape index (κ1) is 19.5. The maximum Gasteiger partial charge on any atom is 0.240 e. The van der Waals surface area contributed by atoms with Crippen LogP contribution in [0, 0.1) is 0 Å². The summed E-state index contributed by atoms with van der Waals surface area (Å²) in [4.78, 5) is 18.5. The summed E-state index contributed by atoms with van der Waals surface area (Å²) >= 11 is 0. The highest BCUT2D eigenvalue weighted by Crippen LogP contribution is 2.11. The number of rotatable bonds is 6. The molecule has 6 heteroatoms. The molecule has 2 N–H and O–H groups in total. The highest BCUT2D eigenvalue weighted by atomic mass is 16.5. The summed E-state index contributed by atoms with van der Waals surface area (Å²) < 4.78 is 5.31. The summed E-state index contributed by atoms with van der Waals surface area (Å²) in [5, 5.41) is 6.21. The number of nitrogens with one attached hydrogen (secondary N) is 2. The molecule has 0 spiro atoms. The second-order valence-corrected chi connectivity index (χ2v) is 6.83. The van der Waals surface area contributed by atoms with Crippen molar-refractivity contribution in [3.05, 3.63) is 11.6 Å². The van der Waals surface area contributed by atoms with E-state index in [2.05, 4.69) is 21.7 Å². The van der Waals surface area contributed by atoms with Crippen molar-refractivity contribution in [2.45, 2.75) is 46.1 Å². The number of likely N-dealkylation sites (N-methyl/N-ethyl adjacent to an activating group) is 1. The lowest BCUT2D eigenvalue weighted by molar-refractivity contribution is -0.122. The van der Waals surface area contributed by atoms with Gasteiger partial charge in [0.15, 0.2) is 5.96 Å². The lowest BCUT2D eigenvalue weighted by atomic mass is 10.1. The Morgan fingerprint density at radius 2 is 2.17 bits per heavy atom. The molecule has 0 saturated carbocycles. The standard InChI is InChI=1S/C17H32N4O2/c1-6-18-16(19-10-7-14-8-11-23-12-9-14)21(5)13-15(22)20-17(2,3)4/h8H,6-7,9-13H2,1-5H3,(H,18,19)(H,20,22). The zero-order valence-corrected chi connectivity index (χ0v) is 15.2. The SMILES string of the molecule is CCNC(=NCCC1=CCOCC1)N(C)CC(=O)NC(C)(C)C. The van der Waals surface area contributed by atoms with E-state index in [9.17, 15) is 4.79 Å². The molecule has 0 fully saturated rings. The van der Waals surface area contributed by atoms with E-state index in [1.54, 1.807) is 0 Å². The van der Waals surface area contributed by atoms with Crippen LogP contribution in [-0.2, 0) is 9.53 Å². The van der Waals surface area contributed by atoms with E-state index in [0.717, 1.165) is 38.5 Å². The molecule has 0 unspecified atom stereocenters. The van der Waals surface area contributed by atoms with Gasteiger partial charge in [-0.15, -0.1) is 0 Å². The van der Waals surface area contributed by atoms with Gasteiger partial charge in [0, 0.05) is 25.7 Å². The number of amides is 1. The number of carbonyl (C=O) groups is 1. The second kappa shape index (κ2) is 9.55. The molecule has 1 heterocycles. The largest absolute Gasteiger partial charge is 0.377 e. The van der Waals surface area contributed by atoms with Gasteiger partial charge in [0.05, 0.1) is 19.8 Å². The zero-order chi connectivity index (χ0) is 17.3. The lowest BCUT2D eigenvalue weighted by Crippen LogP contribution is -2.48. The minimum atomic E-state index is -0.219. The smallest absolute Gasteiger partial charge is 0.240 e. The minimum Gasteiger partial charge on any atom is -0.377 e. The number of guanidine groups is 1. The van der Waals surface area contributed by atoms with Crippen LogP contribution in [-0.4, -0.2) is 62.2 Å². The molecule has 0 saturated heterocycles. The molecule has 0 atom stereocenters.